The van der Waals surface area contributed by atoms with Gasteiger partial charge in [0, 0.05) is 21.6 Å². The predicted octanol–water partition coefficient (Wildman–Crippen LogP) is 3.47. The first kappa shape index (κ1) is 14.6. The fraction of sp³-hybridized carbons (Fsp3) is 0.188. The Kier molecular flexibility index (Phi) is 4.02. The van der Waals surface area contributed by atoms with Crippen LogP contribution in [-0.4, -0.2) is 17.6 Å². The fourth-order valence-corrected chi connectivity index (χ4v) is 3.41. The summed E-state index contributed by atoms with van der Waals surface area (Å²) in [5, 5.41) is 13.9. The van der Waals surface area contributed by atoms with Crippen molar-refractivity contribution >= 4 is 33.4 Å². The number of fused-ring (bicyclic) bond motifs is 1. The highest BCUT2D eigenvalue weighted by Crippen LogP contribution is 2.29. The van der Waals surface area contributed by atoms with Crippen molar-refractivity contribution in [3.63, 3.8) is 0 Å². The van der Waals surface area contributed by atoms with E-state index in [1.165, 1.54) is 0 Å². The molecule has 3 nitrogen and oxygen atoms in total. The number of carbonyl (C=O) groups excluding carboxylic acids is 1. The van der Waals surface area contributed by atoms with Crippen molar-refractivity contribution in [2.24, 2.45) is 0 Å². The zero-order chi connectivity index (χ0) is 15.0. The highest BCUT2D eigenvalue weighted by Gasteiger charge is 2.19. The average Bonchev–Trinajstić information content (AvgIpc) is 2.45. The Bertz CT molecular complexity index is 697. The normalized spacial score (nSPS) is 15.3. The van der Waals surface area contributed by atoms with E-state index >= 15 is 0 Å². The number of halogens is 2. The van der Waals surface area contributed by atoms with E-state index in [9.17, 15) is 9.90 Å². The molecule has 1 aliphatic rings. The van der Waals surface area contributed by atoms with Gasteiger partial charge in [-0.05, 0) is 47.4 Å². The Morgan fingerprint density at radius 2 is 2.00 bits per heavy atom. The van der Waals surface area contributed by atoms with Crippen molar-refractivity contribution in [3.8, 4) is 0 Å². The number of carbonyl (C=O) groups is 1. The third-order valence-corrected chi connectivity index (χ3v) is 4.25. The lowest BCUT2D eigenvalue weighted by molar-refractivity contribution is 0.0945. The number of aliphatic hydroxyl groups excluding tert-OH is 1. The van der Waals surface area contributed by atoms with Crippen LogP contribution in [0.5, 0.6) is 0 Å². The third-order valence-electron chi connectivity index (χ3n) is 3.57. The summed E-state index contributed by atoms with van der Waals surface area (Å²) in [4.78, 5) is 11.9. The molecule has 1 unspecified atom stereocenters. The minimum atomic E-state index is -0.819. The van der Waals surface area contributed by atoms with Crippen LogP contribution in [0.2, 0.25) is 5.02 Å². The molecular weight excluding hydrogens is 354 g/mol. The molecule has 0 spiro atoms. The van der Waals surface area contributed by atoms with Crippen LogP contribution in [0.1, 0.15) is 33.2 Å². The van der Waals surface area contributed by atoms with Crippen LogP contribution >= 0.6 is 27.5 Å². The van der Waals surface area contributed by atoms with E-state index in [1.54, 1.807) is 18.2 Å². The monoisotopic (exact) mass is 365 g/mol. The summed E-state index contributed by atoms with van der Waals surface area (Å²) in [6.07, 6.45) is 0.000185. The Hall–Kier alpha value is -1.36. The van der Waals surface area contributed by atoms with E-state index < -0.39 is 6.10 Å². The zero-order valence-corrected chi connectivity index (χ0v) is 13.4. The molecule has 0 saturated heterocycles. The molecule has 2 N–H and O–H groups in total. The second kappa shape index (κ2) is 5.79. The van der Waals surface area contributed by atoms with Crippen LogP contribution < -0.4 is 5.32 Å². The highest BCUT2D eigenvalue weighted by molar-refractivity contribution is 9.10. The first-order chi connectivity index (χ1) is 10.0. The second-order valence-electron chi connectivity index (χ2n) is 5.03. The van der Waals surface area contributed by atoms with E-state index in [0.29, 0.717) is 28.3 Å². The third kappa shape index (κ3) is 2.98. The van der Waals surface area contributed by atoms with E-state index in [1.807, 2.05) is 18.2 Å². The summed E-state index contributed by atoms with van der Waals surface area (Å²) in [5.41, 5.74) is 3.02. The molecule has 0 bridgehead atoms. The van der Waals surface area contributed by atoms with E-state index in [4.69, 9.17) is 11.6 Å². The lowest BCUT2D eigenvalue weighted by Crippen LogP contribution is -2.31. The summed E-state index contributed by atoms with van der Waals surface area (Å²) in [5.74, 6) is -0.0856. The standard InChI is InChI=1S/C16H13BrClNO2/c17-12-5-11(6-13(18)8-12)15(20)10-2-1-9-3-4-19-16(21)14(9)7-10/h1-2,5-8,15,20H,3-4H2,(H,19,21). The number of aliphatic hydroxyl groups is 1. The lowest BCUT2D eigenvalue weighted by atomic mass is 9.94. The van der Waals surface area contributed by atoms with Crippen LogP contribution in [0.3, 0.4) is 0 Å². The van der Waals surface area contributed by atoms with Crippen molar-refractivity contribution in [1.29, 1.82) is 0 Å². The van der Waals surface area contributed by atoms with E-state index in [2.05, 4.69) is 21.2 Å². The molecule has 0 aliphatic carbocycles. The number of rotatable bonds is 2. The topological polar surface area (TPSA) is 49.3 Å². The van der Waals surface area contributed by atoms with Gasteiger partial charge in [0.05, 0.1) is 0 Å². The van der Waals surface area contributed by atoms with Crippen LogP contribution in [0, 0.1) is 0 Å². The van der Waals surface area contributed by atoms with Gasteiger partial charge in [0.15, 0.2) is 0 Å². The van der Waals surface area contributed by atoms with Gasteiger partial charge in [-0.1, -0.05) is 39.7 Å². The molecule has 1 atom stereocenters. The Labute approximate surface area is 136 Å². The van der Waals surface area contributed by atoms with Crippen LogP contribution in [-0.2, 0) is 6.42 Å². The maximum absolute atomic E-state index is 11.9. The molecular formula is C16H13BrClNO2. The molecule has 108 valence electrons. The van der Waals surface area contributed by atoms with Gasteiger partial charge in [-0.15, -0.1) is 0 Å². The van der Waals surface area contributed by atoms with Crippen molar-refractivity contribution < 1.29 is 9.90 Å². The first-order valence-corrected chi connectivity index (χ1v) is 7.77. The van der Waals surface area contributed by atoms with E-state index in [-0.39, 0.29) is 5.91 Å². The average molecular weight is 367 g/mol. The van der Waals surface area contributed by atoms with Gasteiger partial charge in [0.25, 0.3) is 5.91 Å². The molecule has 0 aromatic heterocycles. The molecule has 0 fully saturated rings. The summed E-state index contributed by atoms with van der Waals surface area (Å²) >= 11 is 9.38. The lowest BCUT2D eigenvalue weighted by Gasteiger charge is -2.19. The Balaban J connectivity index is 2.00. The van der Waals surface area contributed by atoms with Gasteiger partial charge in [-0.2, -0.15) is 0 Å². The SMILES string of the molecule is O=C1NCCc2ccc(C(O)c3cc(Cl)cc(Br)c3)cc21. The van der Waals surface area contributed by atoms with Crippen molar-refractivity contribution in [3.05, 3.63) is 68.1 Å². The largest absolute Gasteiger partial charge is 0.384 e. The first-order valence-electron chi connectivity index (χ1n) is 6.59. The number of amides is 1. The highest BCUT2D eigenvalue weighted by atomic mass is 79.9. The quantitative estimate of drug-likeness (QED) is 0.855. The number of hydrogen-bond acceptors (Lipinski definition) is 2. The van der Waals surface area contributed by atoms with Crippen LogP contribution in [0.15, 0.2) is 40.9 Å². The predicted molar refractivity (Wildman–Crippen MR) is 85.7 cm³/mol. The molecule has 1 aliphatic heterocycles. The van der Waals surface area contributed by atoms with Crippen LogP contribution in [0.4, 0.5) is 0 Å². The maximum Gasteiger partial charge on any atom is 0.251 e. The number of nitrogens with one attached hydrogen (secondary N) is 1. The van der Waals surface area contributed by atoms with Gasteiger partial charge in [-0.25, -0.2) is 0 Å². The van der Waals surface area contributed by atoms with Crippen molar-refractivity contribution in [2.45, 2.75) is 12.5 Å². The molecule has 0 radical (unpaired) electrons. The summed E-state index contributed by atoms with van der Waals surface area (Å²) in [6, 6.07) is 10.8. The number of benzene rings is 2. The molecule has 5 heteroatoms. The molecule has 3 rings (SSSR count). The van der Waals surface area contributed by atoms with Gasteiger partial charge in [0.1, 0.15) is 6.10 Å². The minimum Gasteiger partial charge on any atom is -0.384 e. The Morgan fingerprint density at radius 3 is 2.76 bits per heavy atom. The molecule has 1 amide bonds. The summed E-state index contributed by atoms with van der Waals surface area (Å²) < 4.78 is 0.805. The van der Waals surface area contributed by atoms with Crippen molar-refractivity contribution in [2.75, 3.05) is 6.54 Å². The maximum atomic E-state index is 11.9. The van der Waals surface area contributed by atoms with Gasteiger partial charge < -0.3 is 10.4 Å². The van der Waals surface area contributed by atoms with E-state index in [0.717, 1.165) is 16.5 Å². The van der Waals surface area contributed by atoms with Gasteiger partial charge in [-0.3, -0.25) is 4.79 Å². The zero-order valence-electron chi connectivity index (χ0n) is 11.1. The molecule has 2 aromatic carbocycles. The Morgan fingerprint density at radius 1 is 1.19 bits per heavy atom. The summed E-state index contributed by atoms with van der Waals surface area (Å²) in [6.45, 7) is 0.662. The van der Waals surface area contributed by atoms with Gasteiger partial charge >= 0.3 is 0 Å². The van der Waals surface area contributed by atoms with Gasteiger partial charge in [0.2, 0.25) is 0 Å². The molecule has 0 saturated carbocycles. The number of hydrogen-bond donors (Lipinski definition) is 2. The minimum absolute atomic E-state index is 0.0856. The smallest absolute Gasteiger partial charge is 0.251 e. The summed E-state index contributed by atoms with van der Waals surface area (Å²) in [7, 11) is 0. The molecule has 21 heavy (non-hydrogen) atoms. The molecule has 1 heterocycles. The molecule has 2 aromatic rings. The fourth-order valence-electron chi connectivity index (χ4n) is 2.52. The second-order valence-corrected chi connectivity index (χ2v) is 6.38. The van der Waals surface area contributed by atoms with Crippen LogP contribution in [0.25, 0.3) is 0 Å². The van der Waals surface area contributed by atoms with Crippen molar-refractivity contribution in [1.82, 2.24) is 5.32 Å².